The number of ether oxygens (including phenoxy) is 1. The SMILES string of the molecule is C[C@@H](Oc1c(-n2cnc3ccc(CN4CCN(C)CC4)cc32)csc1C(N)=O)c1ccccc1C(F)(F)F. The molecule has 0 radical (unpaired) electrons. The van der Waals surface area contributed by atoms with Gasteiger partial charge in [-0.2, -0.15) is 13.2 Å². The smallest absolute Gasteiger partial charge is 0.416 e. The molecule has 11 heteroatoms. The number of amides is 1. The number of halogens is 3. The Hall–Kier alpha value is -3.41. The second-order valence-electron chi connectivity index (χ2n) is 9.51. The Morgan fingerprint density at radius 3 is 2.61 bits per heavy atom. The lowest BCUT2D eigenvalue weighted by atomic mass is 10.0. The molecule has 1 aliphatic heterocycles. The average molecular weight is 544 g/mol. The topological polar surface area (TPSA) is 76.6 Å². The van der Waals surface area contributed by atoms with Gasteiger partial charge in [-0.25, -0.2) is 4.98 Å². The van der Waals surface area contributed by atoms with Crippen molar-refractivity contribution in [1.29, 1.82) is 0 Å². The fourth-order valence-electron chi connectivity index (χ4n) is 4.75. The summed E-state index contributed by atoms with van der Waals surface area (Å²) < 4.78 is 48.8. The Balaban J connectivity index is 1.50. The summed E-state index contributed by atoms with van der Waals surface area (Å²) >= 11 is 1.09. The minimum atomic E-state index is -4.54. The van der Waals surface area contributed by atoms with E-state index in [4.69, 9.17) is 10.5 Å². The molecule has 7 nitrogen and oxygen atoms in total. The first-order valence-electron chi connectivity index (χ1n) is 12.2. The van der Waals surface area contributed by atoms with Crippen molar-refractivity contribution in [3.63, 3.8) is 0 Å². The van der Waals surface area contributed by atoms with Crippen LogP contribution in [0.15, 0.2) is 54.2 Å². The van der Waals surface area contributed by atoms with Gasteiger partial charge in [0.1, 0.15) is 23.0 Å². The molecular formula is C27H28F3N5O2S. The number of hydrogen-bond donors (Lipinski definition) is 1. The number of likely N-dealkylation sites (N-methyl/N-ethyl adjacent to an activating group) is 1. The first-order chi connectivity index (χ1) is 18.1. The van der Waals surface area contributed by atoms with Crippen molar-refractivity contribution in [1.82, 2.24) is 19.4 Å². The van der Waals surface area contributed by atoms with E-state index < -0.39 is 23.8 Å². The molecule has 5 rings (SSSR count). The maximum atomic E-state index is 13.7. The van der Waals surface area contributed by atoms with E-state index in [0.29, 0.717) is 5.69 Å². The maximum absolute atomic E-state index is 13.7. The number of fused-ring (bicyclic) bond motifs is 1. The number of rotatable bonds is 7. The molecule has 0 spiro atoms. The molecule has 3 heterocycles. The van der Waals surface area contributed by atoms with Crippen LogP contribution in [-0.4, -0.2) is 58.5 Å². The van der Waals surface area contributed by atoms with E-state index in [9.17, 15) is 18.0 Å². The first-order valence-corrected chi connectivity index (χ1v) is 13.1. The fraction of sp³-hybridized carbons (Fsp3) is 0.333. The normalized spacial score (nSPS) is 16.1. The number of carbonyl (C=O) groups is 1. The highest BCUT2D eigenvalue weighted by Crippen LogP contribution is 2.40. The molecule has 0 bridgehead atoms. The van der Waals surface area contributed by atoms with Crippen LogP contribution in [0.1, 0.15) is 39.4 Å². The molecule has 200 valence electrons. The second-order valence-corrected chi connectivity index (χ2v) is 10.4. The van der Waals surface area contributed by atoms with Crippen LogP contribution >= 0.6 is 11.3 Å². The highest BCUT2D eigenvalue weighted by Gasteiger charge is 2.35. The van der Waals surface area contributed by atoms with E-state index in [1.807, 2.05) is 12.1 Å². The van der Waals surface area contributed by atoms with Gasteiger partial charge in [0.15, 0.2) is 5.75 Å². The lowest BCUT2D eigenvalue weighted by Crippen LogP contribution is -2.43. The van der Waals surface area contributed by atoms with Crippen molar-refractivity contribution >= 4 is 28.3 Å². The minimum absolute atomic E-state index is 0.0301. The Bertz CT molecular complexity index is 1460. The van der Waals surface area contributed by atoms with E-state index in [1.165, 1.54) is 25.1 Å². The van der Waals surface area contributed by atoms with Crippen molar-refractivity contribution in [3.05, 3.63) is 75.7 Å². The van der Waals surface area contributed by atoms with E-state index in [2.05, 4.69) is 27.9 Å². The molecule has 2 aromatic heterocycles. The van der Waals surface area contributed by atoms with Crippen LogP contribution < -0.4 is 10.5 Å². The van der Waals surface area contributed by atoms with Crippen molar-refractivity contribution in [2.45, 2.75) is 25.7 Å². The number of alkyl halides is 3. The summed E-state index contributed by atoms with van der Waals surface area (Å²) in [5, 5.41) is 1.71. The summed E-state index contributed by atoms with van der Waals surface area (Å²) in [5.74, 6) is -0.580. The van der Waals surface area contributed by atoms with Gasteiger partial charge in [-0.05, 0) is 37.7 Å². The molecule has 0 aliphatic carbocycles. The van der Waals surface area contributed by atoms with Crippen LogP contribution in [0.3, 0.4) is 0 Å². The Morgan fingerprint density at radius 2 is 1.89 bits per heavy atom. The molecule has 4 aromatic rings. The zero-order valence-electron chi connectivity index (χ0n) is 21.0. The third kappa shape index (κ3) is 5.27. The number of imidazole rings is 1. The zero-order valence-corrected chi connectivity index (χ0v) is 21.9. The Labute approximate surface area is 222 Å². The lowest BCUT2D eigenvalue weighted by molar-refractivity contribution is -0.138. The van der Waals surface area contributed by atoms with Crippen LogP contribution in [0.25, 0.3) is 16.7 Å². The largest absolute Gasteiger partial charge is 0.482 e. The number of nitrogens with zero attached hydrogens (tertiary/aromatic N) is 4. The van der Waals surface area contributed by atoms with Crippen molar-refractivity contribution < 1.29 is 22.7 Å². The van der Waals surface area contributed by atoms with E-state index in [-0.39, 0.29) is 16.2 Å². The molecule has 1 saturated heterocycles. The number of hydrogen-bond acceptors (Lipinski definition) is 6. The van der Waals surface area contributed by atoms with Crippen molar-refractivity contribution in [3.8, 4) is 11.4 Å². The molecule has 1 atom stereocenters. The molecule has 2 N–H and O–H groups in total. The molecule has 38 heavy (non-hydrogen) atoms. The predicted molar refractivity (Wildman–Crippen MR) is 141 cm³/mol. The summed E-state index contributed by atoms with van der Waals surface area (Å²) in [6.45, 7) is 6.31. The Morgan fingerprint density at radius 1 is 1.16 bits per heavy atom. The number of aromatic nitrogens is 2. The molecule has 2 aromatic carbocycles. The molecule has 1 aliphatic rings. The quantitative estimate of drug-likeness (QED) is 0.351. The number of nitrogens with two attached hydrogens (primary N) is 1. The maximum Gasteiger partial charge on any atom is 0.416 e. The van der Waals surface area contributed by atoms with Crippen LogP contribution in [0.5, 0.6) is 5.75 Å². The summed E-state index contributed by atoms with van der Waals surface area (Å²) in [5.41, 5.74) is 7.98. The highest BCUT2D eigenvalue weighted by molar-refractivity contribution is 7.12. The minimum Gasteiger partial charge on any atom is -0.482 e. The number of benzene rings is 2. The zero-order chi connectivity index (χ0) is 27.0. The number of carbonyl (C=O) groups excluding carboxylic acids is 1. The summed E-state index contributed by atoms with van der Waals surface area (Å²) in [4.78, 5) is 21.6. The second kappa shape index (κ2) is 10.4. The summed E-state index contributed by atoms with van der Waals surface area (Å²) in [6, 6.07) is 11.3. The fourth-order valence-corrected chi connectivity index (χ4v) is 5.57. The first kappa shape index (κ1) is 26.2. The van der Waals surface area contributed by atoms with Gasteiger partial charge in [0.2, 0.25) is 0 Å². The van der Waals surface area contributed by atoms with Gasteiger partial charge >= 0.3 is 6.18 Å². The van der Waals surface area contributed by atoms with Gasteiger partial charge < -0.3 is 15.4 Å². The lowest BCUT2D eigenvalue weighted by Gasteiger charge is -2.32. The van der Waals surface area contributed by atoms with Gasteiger partial charge in [0.25, 0.3) is 5.91 Å². The standard InChI is InChI=1S/C27H28F3N5O2S/c1-17(19-5-3-4-6-20(19)27(28,29)30)37-24-23(15-38-25(24)26(31)36)35-16-32-21-8-7-18(13-22(21)35)14-34-11-9-33(2)10-12-34/h3-8,13,15-17H,9-12,14H2,1-2H3,(H2,31,36)/t17-/m1/s1. The van der Waals surface area contributed by atoms with Crippen LogP contribution in [0.2, 0.25) is 0 Å². The van der Waals surface area contributed by atoms with Gasteiger partial charge in [0, 0.05) is 43.7 Å². The van der Waals surface area contributed by atoms with E-state index in [0.717, 1.165) is 66.7 Å². The molecule has 1 fully saturated rings. The summed E-state index contributed by atoms with van der Waals surface area (Å²) in [7, 11) is 2.12. The molecular weight excluding hydrogens is 515 g/mol. The van der Waals surface area contributed by atoms with Crippen molar-refractivity contribution in [2.24, 2.45) is 5.73 Å². The number of primary amides is 1. The summed E-state index contributed by atoms with van der Waals surface area (Å²) in [6.07, 6.45) is -3.92. The third-order valence-corrected chi connectivity index (χ3v) is 7.79. The van der Waals surface area contributed by atoms with Crippen LogP contribution in [0.4, 0.5) is 13.2 Å². The molecule has 0 saturated carbocycles. The number of piperazine rings is 1. The average Bonchev–Trinajstić information content (AvgIpc) is 3.48. The Kier molecular flexibility index (Phi) is 7.17. The van der Waals surface area contributed by atoms with Gasteiger partial charge in [-0.1, -0.05) is 24.3 Å². The predicted octanol–water partition coefficient (Wildman–Crippen LogP) is 5.09. The number of thiophene rings is 1. The van der Waals surface area contributed by atoms with Crippen LogP contribution in [-0.2, 0) is 12.7 Å². The van der Waals surface area contributed by atoms with E-state index in [1.54, 1.807) is 16.3 Å². The third-order valence-electron chi connectivity index (χ3n) is 6.82. The van der Waals surface area contributed by atoms with Gasteiger partial charge in [0.05, 0.1) is 16.6 Å². The monoisotopic (exact) mass is 543 g/mol. The highest BCUT2D eigenvalue weighted by atomic mass is 32.1. The van der Waals surface area contributed by atoms with Crippen LogP contribution in [0, 0.1) is 0 Å². The van der Waals surface area contributed by atoms with Gasteiger partial charge in [-0.3, -0.25) is 14.3 Å². The van der Waals surface area contributed by atoms with Crippen molar-refractivity contribution in [2.75, 3.05) is 33.2 Å². The van der Waals surface area contributed by atoms with E-state index >= 15 is 0 Å². The van der Waals surface area contributed by atoms with Gasteiger partial charge in [-0.15, -0.1) is 11.3 Å². The molecule has 1 amide bonds. The molecule has 0 unspecified atom stereocenters.